The summed E-state index contributed by atoms with van der Waals surface area (Å²) < 4.78 is 5.44. The second-order valence-corrected chi connectivity index (χ2v) is 2.98. The lowest BCUT2D eigenvalue weighted by Gasteiger charge is -2.12. The fourth-order valence-corrected chi connectivity index (χ4v) is 1.11. The zero-order chi connectivity index (χ0) is 11.1. The Hall–Kier alpha value is -1.25. The van der Waals surface area contributed by atoms with Crippen LogP contribution in [0.25, 0.3) is 0 Å². The van der Waals surface area contributed by atoms with Gasteiger partial charge in [-0.15, -0.1) is 0 Å². The summed E-state index contributed by atoms with van der Waals surface area (Å²) in [6, 6.07) is 0. The molecule has 14 heavy (non-hydrogen) atoms. The lowest BCUT2D eigenvalue weighted by molar-refractivity contribution is 0.283. The largest absolute Gasteiger partial charge is 0.446 e. The molecule has 0 aromatic heterocycles. The number of nitrogens with zero attached hydrogens (tertiary/aromatic N) is 1. The third-order valence-corrected chi connectivity index (χ3v) is 2.12. The van der Waals surface area contributed by atoms with E-state index in [0.29, 0.717) is 5.88 Å². The van der Waals surface area contributed by atoms with Gasteiger partial charge in [-0.1, -0.05) is 6.92 Å². The topological polar surface area (TPSA) is 33.6 Å². The van der Waals surface area contributed by atoms with Gasteiger partial charge in [0, 0.05) is 25.4 Å². The first-order valence-electron chi connectivity index (χ1n) is 4.74. The van der Waals surface area contributed by atoms with E-state index in [9.17, 15) is 0 Å². The lowest BCUT2D eigenvalue weighted by atomic mass is 10.1. The van der Waals surface area contributed by atoms with Crippen LogP contribution in [-0.2, 0) is 4.74 Å². The number of nitrogens with one attached hydrogen (secondary N) is 1. The first kappa shape index (κ1) is 12.8. The Morgan fingerprint density at radius 2 is 2.00 bits per heavy atom. The van der Waals surface area contributed by atoms with Crippen LogP contribution in [0.1, 0.15) is 27.2 Å². The average Bonchev–Trinajstić information content (AvgIpc) is 2.19. The standard InChI is InChI=1S/C11H20N2O/c1-7-11(13-6)8(2)9(3)14-10(4)12-5/h12H,4,7H2,1-3,5-6H3/b9-8-,13-11-. The highest BCUT2D eigenvalue weighted by molar-refractivity contribution is 5.99. The summed E-state index contributed by atoms with van der Waals surface area (Å²) in [5, 5.41) is 2.83. The van der Waals surface area contributed by atoms with Gasteiger partial charge >= 0.3 is 0 Å². The molecule has 0 aromatic rings. The Labute approximate surface area is 86.6 Å². The maximum absolute atomic E-state index is 5.44. The smallest absolute Gasteiger partial charge is 0.185 e. The second kappa shape index (κ2) is 6.24. The molecule has 0 rings (SSSR count). The molecule has 0 heterocycles. The monoisotopic (exact) mass is 196 g/mol. The number of aliphatic imine (C=N–C) groups is 1. The van der Waals surface area contributed by atoms with E-state index in [4.69, 9.17) is 4.74 Å². The number of hydrogen-bond donors (Lipinski definition) is 1. The van der Waals surface area contributed by atoms with Gasteiger partial charge in [-0.25, -0.2) is 0 Å². The molecule has 0 bridgehead atoms. The molecule has 0 atom stereocenters. The third kappa shape index (κ3) is 3.64. The van der Waals surface area contributed by atoms with Gasteiger partial charge in [-0.05, 0) is 26.8 Å². The molecule has 0 spiro atoms. The van der Waals surface area contributed by atoms with Crippen molar-refractivity contribution in [2.24, 2.45) is 4.99 Å². The first-order chi connectivity index (χ1) is 6.56. The summed E-state index contributed by atoms with van der Waals surface area (Å²) in [6.07, 6.45) is 0.912. The normalized spacial score (nSPS) is 13.4. The third-order valence-electron chi connectivity index (χ3n) is 2.12. The number of allylic oxidation sites excluding steroid dienone is 2. The van der Waals surface area contributed by atoms with Crippen LogP contribution in [0.4, 0.5) is 0 Å². The van der Waals surface area contributed by atoms with E-state index in [0.717, 1.165) is 23.5 Å². The molecule has 0 radical (unpaired) electrons. The molecule has 0 aliphatic rings. The molecule has 1 N–H and O–H groups in total. The van der Waals surface area contributed by atoms with Crippen LogP contribution in [0.2, 0.25) is 0 Å². The van der Waals surface area contributed by atoms with Crippen LogP contribution in [0.5, 0.6) is 0 Å². The molecule has 0 fully saturated rings. The molecule has 0 aromatic carbocycles. The van der Waals surface area contributed by atoms with Gasteiger partial charge in [-0.2, -0.15) is 0 Å². The molecule has 0 saturated heterocycles. The predicted molar refractivity (Wildman–Crippen MR) is 61.3 cm³/mol. The van der Waals surface area contributed by atoms with Gasteiger partial charge in [0.05, 0.1) is 0 Å². The fourth-order valence-electron chi connectivity index (χ4n) is 1.11. The zero-order valence-corrected chi connectivity index (χ0v) is 9.77. The van der Waals surface area contributed by atoms with Crippen molar-refractivity contribution in [3.05, 3.63) is 23.8 Å². The minimum Gasteiger partial charge on any atom is -0.446 e. The Balaban J connectivity index is 4.66. The van der Waals surface area contributed by atoms with Crippen molar-refractivity contribution in [2.75, 3.05) is 14.1 Å². The van der Waals surface area contributed by atoms with Gasteiger partial charge < -0.3 is 10.1 Å². The van der Waals surface area contributed by atoms with Crippen LogP contribution in [-0.4, -0.2) is 19.8 Å². The van der Waals surface area contributed by atoms with Crippen molar-refractivity contribution in [1.82, 2.24) is 5.32 Å². The van der Waals surface area contributed by atoms with Gasteiger partial charge in [0.25, 0.3) is 0 Å². The van der Waals surface area contributed by atoms with E-state index >= 15 is 0 Å². The zero-order valence-electron chi connectivity index (χ0n) is 9.77. The highest BCUT2D eigenvalue weighted by Gasteiger charge is 2.04. The summed E-state index contributed by atoms with van der Waals surface area (Å²) in [7, 11) is 3.57. The molecular formula is C11H20N2O. The van der Waals surface area contributed by atoms with Crippen molar-refractivity contribution >= 4 is 5.71 Å². The van der Waals surface area contributed by atoms with E-state index in [2.05, 4.69) is 23.8 Å². The number of rotatable bonds is 5. The molecule has 0 amide bonds. The van der Waals surface area contributed by atoms with Gasteiger partial charge in [0.2, 0.25) is 0 Å². The molecule has 0 aliphatic heterocycles. The van der Waals surface area contributed by atoms with Crippen molar-refractivity contribution in [3.63, 3.8) is 0 Å². The minimum absolute atomic E-state index is 0.549. The first-order valence-corrected chi connectivity index (χ1v) is 4.74. The molecule has 0 aliphatic carbocycles. The van der Waals surface area contributed by atoms with Crippen molar-refractivity contribution in [2.45, 2.75) is 27.2 Å². The van der Waals surface area contributed by atoms with E-state index in [-0.39, 0.29) is 0 Å². The lowest BCUT2D eigenvalue weighted by Crippen LogP contribution is -2.09. The highest BCUT2D eigenvalue weighted by Crippen LogP contribution is 2.11. The summed E-state index contributed by atoms with van der Waals surface area (Å²) in [5.74, 6) is 1.39. The van der Waals surface area contributed by atoms with Crippen LogP contribution in [0.3, 0.4) is 0 Å². The summed E-state index contributed by atoms with van der Waals surface area (Å²) >= 11 is 0. The van der Waals surface area contributed by atoms with Gasteiger partial charge in [0.15, 0.2) is 5.88 Å². The molecule has 3 heteroatoms. The van der Waals surface area contributed by atoms with Crippen molar-refractivity contribution < 1.29 is 4.74 Å². The van der Waals surface area contributed by atoms with Crippen LogP contribution in [0.15, 0.2) is 28.8 Å². The number of hydrogen-bond acceptors (Lipinski definition) is 3. The van der Waals surface area contributed by atoms with E-state index < -0.39 is 0 Å². The molecule has 80 valence electrons. The summed E-state index contributed by atoms with van der Waals surface area (Å²) in [6.45, 7) is 9.69. The Kier molecular flexibility index (Phi) is 5.68. The highest BCUT2D eigenvalue weighted by atomic mass is 16.5. The Morgan fingerprint density at radius 1 is 1.43 bits per heavy atom. The van der Waals surface area contributed by atoms with E-state index in [1.165, 1.54) is 0 Å². The van der Waals surface area contributed by atoms with Crippen molar-refractivity contribution in [3.8, 4) is 0 Å². The summed E-state index contributed by atoms with van der Waals surface area (Å²) in [5.41, 5.74) is 2.14. The van der Waals surface area contributed by atoms with Crippen LogP contribution < -0.4 is 5.32 Å². The van der Waals surface area contributed by atoms with Gasteiger partial charge in [-0.3, -0.25) is 4.99 Å². The molecule has 3 nitrogen and oxygen atoms in total. The Morgan fingerprint density at radius 3 is 2.36 bits per heavy atom. The maximum Gasteiger partial charge on any atom is 0.185 e. The SMILES string of the molecule is C=C(NC)O/C(C)=C(C)\C(CC)=N/C. The Bertz CT molecular complexity index is 264. The molecule has 0 saturated carbocycles. The maximum atomic E-state index is 5.44. The van der Waals surface area contributed by atoms with Crippen molar-refractivity contribution in [1.29, 1.82) is 0 Å². The van der Waals surface area contributed by atoms with E-state index in [1.54, 1.807) is 14.1 Å². The predicted octanol–water partition coefficient (Wildman–Crippen LogP) is 2.47. The minimum atomic E-state index is 0.549. The number of ether oxygens (including phenoxy) is 1. The van der Waals surface area contributed by atoms with Crippen LogP contribution >= 0.6 is 0 Å². The fraction of sp³-hybridized carbons (Fsp3) is 0.545. The molecule has 0 unspecified atom stereocenters. The quantitative estimate of drug-likeness (QED) is 0.541. The summed E-state index contributed by atoms with van der Waals surface area (Å²) in [4.78, 5) is 4.19. The molecular weight excluding hydrogens is 176 g/mol. The average molecular weight is 196 g/mol. The second-order valence-electron chi connectivity index (χ2n) is 2.98. The van der Waals surface area contributed by atoms with E-state index in [1.807, 2.05) is 13.8 Å². The van der Waals surface area contributed by atoms with Crippen LogP contribution in [0, 0.1) is 0 Å². The van der Waals surface area contributed by atoms with Gasteiger partial charge in [0.1, 0.15) is 5.76 Å².